The molecule has 0 bridgehead atoms. The van der Waals surface area contributed by atoms with Gasteiger partial charge in [-0.15, -0.1) is 0 Å². The molecule has 7 nitrogen and oxygen atoms in total. The normalized spacial score (nSPS) is 20.1. The highest BCUT2D eigenvalue weighted by Gasteiger charge is 2.20. The van der Waals surface area contributed by atoms with Gasteiger partial charge in [0.15, 0.2) is 0 Å². The highest BCUT2D eigenvalue weighted by atomic mass is 16.5. The zero-order valence-electron chi connectivity index (χ0n) is 12.0. The second kappa shape index (κ2) is 6.21. The van der Waals surface area contributed by atoms with Crippen LogP contribution in [0.15, 0.2) is 0 Å². The molecule has 1 aromatic rings. The van der Waals surface area contributed by atoms with Crippen LogP contribution in [-0.4, -0.2) is 61.4 Å². The van der Waals surface area contributed by atoms with Crippen molar-refractivity contribution >= 4 is 17.8 Å². The third kappa shape index (κ3) is 2.92. The monoisotopic (exact) mass is 278 g/mol. The smallest absolute Gasteiger partial charge is 0.232 e. The minimum absolute atomic E-state index is 0.641. The van der Waals surface area contributed by atoms with E-state index < -0.39 is 0 Å². The highest BCUT2D eigenvalue weighted by molar-refractivity contribution is 5.45. The Bertz CT molecular complexity index is 440. The fourth-order valence-electron chi connectivity index (χ4n) is 2.61. The van der Waals surface area contributed by atoms with Crippen molar-refractivity contribution in [3.05, 3.63) is 0 Å². The van der Waals surface area contributed by atoms with Crippen LogP contribution in [0.25, 0.3) is 0 Å². The average Bonchev–Trinajstić information content (AvgIpc) is 2.89. The first-order valence-corrected chi connectivity index (χ1v) is 7.38. The van der Waals surface area contributed by atoms with Crippen molar-refractivity contribution in [3.8, 4) is 0 Å². The maximum Gasteiger partial charge on any atom is 0.232 e. The third-order valence-corrected chi connectivity index (χ3v) is 3.73. The molecule has 0 aromatic carbocycles. The predicted molar refractivity (Wildman–Crippen MR) is 78.5 cm³/mol. The Hall–Kier alpha value is -1.63. The van der Waals surface area contributed by atoms with Gasteiger partial charge in [0, 0.05) is 39.8 Å². The first-order chi connectivity index (χ1) is 9.86. The van der Waals surface area contributed by atoms with Gasteiger partial charge >= 0.3 is 0 Å². The highest BCUT2D eigenvalue weighted by Crippen LogP contribution is 2.20. The predicted octanol–water partition coefficient (Wildman–Crippen LogP) is 0.740. The summed E-state index contributed by atoms with van der Waals surface area (Å²) in [7, 11) is 1.85. The lowest BCUT2D eigenvalue weighted by Crippen LogP contribution is -2.30. The van der Waals surface area contributed by atoms with Gasteiger partial charge < -0.3 is 19.9 Å². The van der Waals surface area contributed by atoms with E-state index in [0.29, 0.717) is 5.95 Å². The van der Waals surface area contributed by atoms with E-state index in [2.05, 4.69) is 30.1 Å². The van der Waals surface area contributed by atoms with E-state index in [1.54, 1.807) is 0 Å². The molecule has 2 fully saturated rings. The zero-order valence-corrected chi connectivity index (χ0v) is 12.0. The molecule has 1 aromatic heterocycles. The van der Waals surface area contributed by atoms with Crippen LogP contribution in [0.3, 0.4) is 0 Å². The Balaban J connectivity index is 1.86. The second-order valence-corrected chi connectivity index (χ2v) is 5.16. The van der Waals surface area contributed by atoms with Crippen molar-refractivity contribution < 1.29 is 4.74 Å². The van der Waals surface area contributed by atoms with Crippen molar-refractivity contribution in [2.24, 2.45) is 0 Å². The van der Waals surface area contributed by atoms with Crippen LogP contribution in [-0.2, 0) is 4.74 Å². The fraction of sp³-hybridized carbons (Fsp3) is 0.769. The first-order valence-electron chi connectivity index (χ1n) is 7.38. The molecule has 2 aliphatic heterocycles. The lowest BCUT2D eigenvalue weighted by atomic mass is 10.4. The number of rotatable bonds is 3. The number of anilines is 3. The molecule has 2 aliphatic rings. The molecule has 1 N–H and O–H groups in total. The summed E-state index contributed by atoms with van der Waals surface area (Å²) in [5.41, 5.74) is 0. The van der Waals surface area contributed by atoms with Crippen LogP contribution in [0, 0.1) is 0 Å². The minimum Gasteiger partial charge on any atom is -0.380 e. The van der Waals surface area contributed by atoms with Crippen LogP contribution < -0.4 is 15.1 Å². The van der Waals surface area contributed by atoms with E-state index in [4.69, 9.17) is 4.74 Å². The molecule has 3 rings (SSSR count). The van der Waals surface area contributed by atoms with Gasteiger partial charge in [-0.25, -0.2) is 0 Å². The Kier molecular flexibility index (Phi) is 4.15. The lowest BCUT2D eigenvalue weighted by Gasteiger charge is -2.22. The van der Waals surface area contributed by atoms with E-state index in [0.717, 1.165) is 57.7 Å². The molecule has 0 spiro atoms. The van der Waals surface area contributed by atoms with Crippen LogP contribution in [0.1, 0.15) is 19.3 Å². The summed E-state index contributed by atoms with van der Waals surface area (Å²) in [5, 5.41) is 3.04. The van der Waals surface area contributed by atoms with Crippen LogP contribution in [0.4, 0.5) is 17.8 Å². The second-order valence-electron chi connectivity index (χ2n) is 5.16. The number of hydrogen-bond acceptors (Lipinski definition) is 7. The van der Waals surface area contributed by atoms with Gasteiger partial charge in [0.2, 0.25) is 17.8 Å². The summed E-state index contributed by atoms with van der Waals surface area (Å²) < 4.78 is 5.49. The quantitative estimate of drug-likeness (QED) is 0.874. The lowest BCUT2D eigenvalue weighted by molar-refractivity contribution is 0.152. The van der Waals surface area contributed by atoms with Crippen molar-refractivity contribution in [3.63, 3.8) is 0 Å². The van der Waals surface area contributed by atoms with Gasteiger partial charge in [0.25, 0.3) is 0 Å². The largest absolute Gasteiger partial charge is 0.380 e. The SMILES string of the molecule is CNc1nc(N2CCCC2)nc(N2CCCOCC2)n1. The topological polar surface area (TPSA) is 66.4 Å². The molecule has 0 atom stereocenters. The van der Waals surface area contributed by atoms with Gasteiger partial charge in [0.05, 0.1) is 6.61 Å². The van der Waals surface area contributed by atoms with E-state index in [1.807, 2.05) is 7.05 Å². The molecule has 110 valence electrons. The molecule has 0 aliphatic carbocycles. The number of aromatic nitrogens is 3. The minimum atomic E-state index is 0.641. The van der Waals surface area contributed by atoms with E-state index in [-0.39, 0.29) is 0 Å². The Morgan fingerprint density at radius 3 is 2.20 bits per heavy atom. The summed E-state index contributed by atoms with van der Waals surface area (Å²) >= 11 is 0. The summed E-state index contributed by atoms with van der Waals surface area (Å²) in [5.74, 6) is 2.20. The summed E-state index contributed by atoms with van der Waals surface area (Å²) in [6, 6.07) is 0. The Morgan fingerprint density at radius 1 is 0.850 bits per heavy atom. The van der Waals surface area contributed by atoms with Gasteiger partial charge in [-0.05, 0) is 19.3 Å². The zero-order chi connectivity index (χ0) is 13.8. The molecule has 0 radical (unpaired) electrons. The van der Waals surface area contributed by atoms with Gasteiger partial charge in [-0.3, -0.25) is 0 Å². The number of hydrogen-bond donors (Lipinski definition) is 1. The Morgan fingerprint density at radius 2 is 1.50 bits per heavy atom. The molecule has 0 unspecified atom stereocenters. The van der Waals surface area contributed by atoms with E-state index in [9.17, 15) is 0 Å². The number of ether oxygens (including phenoxy) is 1. The first kappa shape index (κ1) is 13.4. The fourth-order valence-corrected chi connectivity index (χ4v) is 2.61. The van der Waals surface area contributed by atoms with Gasteiger partial charge in [-0.2, -0.15) is 15.0 Å². The van der Waals surface area contributed by atoms with Gasteiger partial charge in [0.1, 0.15) is 0 Å². The summed E-state index contributed by atoms with van der Waals surface area (Å²) in [4.78, 5) is 18.1. The van der Waals surface area contributed by atoms with Crippen molar-refractivity contribution in [1.82, 2.24) is 15.0 Å². The number of nitrogens with zero attached hydrogens (tertiary/aromatic N) is 5. The molecule has 7 heteroatoms. The number of nitrogens with one attached hydrogen (secondary N) is 1. The van der Waals surface area contributed by atoms with E-state index >= 15 is 0 Å². The standard InChI is InChI=1S/C13H22N6O/c1-14-11-15-12(18-5-2-3-6-18)17-13(16-11)19-7-4-9-20-10-8-19/h2-10H2,1H3,(H,14,15,16,17). The average molecular weight is 278 g/mol. The maximum absolute atomic E-state index is 5.49. The molecule has 3 heterocycles. The summed E-state index contributed by atoms with van der Waals surface area (Å²) in [6.45, 7) is 5.41. The molecule has 0 amide bonds. The summed E-state index contributed by atoms with van der Waals surface area (Å²) in [6.07, 6.45) is 3.44. The Labute approximate surface area is 119 Å². The molecular formula is C13H22N6O. The molecule has 2 saturated heterocycles. The molecular weight excluding hydrogens is 256 g/mol. The van der Waals surface area contributed by atoms with E-state index in [1.165, 1.54) is 12.8 Å². The van der Waals surface area contributed by atoms with Gasteiger partial charge in [-0.1, -0.05) is 0 Å². The third-order valence-electron chi connectivity index (χ3n) is 3.73. The maximum atomic E-state index is 5.49. The van der Waals surface area contributed by atoms with Crippen molar-refractivity contribution in [1.29, 1.82) is 0 Å². The van der Waals surface area contributed by atoms with Crippen LogP contribution >= 0.6 is 0 Å². The van der Waals surface area contributed by atoms with Crippen LogP contribution in [0.5, 0.6) is 0 Å². The van der Waals surface area contributed by atoms with Crippen LogP contribution in [0.2, 0.25) is 0 Å². The molecule has 20 heavy (non-hydrogen) atoms. The van der Waals surface area contributed by atoms with Crippen molar-refractivity contribution in [2.75, 3.05) is 61.6 Å². The van der Waals surface area contributed by atoms with Crippen molar-refractivity contribution in [2.45, 2.75) is 19.3 Å². The molecule has 0 saturated carbocycles.